The molecule has 0 saturated heterocycles. The predicted octanol–water partition coefficient (Wildman–Crippen LogP) is 1.06. The maximum atomic E-state index is 10.6. The fourth-order valence-corrected chi connectivity index (χ4v) is 1.10. The largest absolute Gasteiger partial charge is 0.481 e. The Bertz CT molecular complexity index is 391. The number of nitrogens with zero attached hydrogens (tertiary/aromatic N) is 1. The summed E-state index contributed by atoms with van der Waals surface area (Å²) in [5.41, 5.74) is -0.186. The van der Waals surface area contributed by atoms with Crippen molar-refractivity contribution >= 4 is 23.5 Å². The van der Waals surface area contributed by atoms with Gasteiger partial charge in [0.25, 0.3) is 0 Å². The Morgan fingerprint density at radius 3 is 2.50 bits per heavy atom. The fourth-order valence-electron chi connectivity index (χ4n) is 0.955. The van der Waals surface area contributed by atoms with Crippen LogP contribution in [0, 0.1) is 0 Å². The number of aliphatic carboxylic acids is 1. The van der Waals surface area contributed by atoms with Crippen LogP contribution in [0.4, 0.5) is 0 Å². The average molecular weight is 216 g/mol. The molecule has 0 aromatic carbocycles. The third kappa shape index (κ3) is 2.43. The van der Waals surface area contributed by atoms with Crippen LogP contribution in [0.25, 0.3) is 0 Å². The standard InChI is InChI=1S/C8H6ClNO4/c9-5-2-1-4(3-6(11)12)7(10-5)8(13)14/h1-2H,3H2,(H,11,12)(H,13,14). The lowest BCUT2D eigenvalue weighted by Gasteiger charge is -2.02. The molecular weight excluding hydrogens is 210 g/mol. The van der Waals surface area contributed by atoms with E-state index in [0.29, 0.717) is 0 Å². The van der Waals surface area contributed by atoms with Crippen molar-refractivity contribution in [3.05, 3.63) is 28.5 Å². The van der Waals surface area contributed by atoms with Crippen LogP contribution in [0.1, 0.15) is 16.1 Å². The van der Waals surface area contributed by atoms with Gasteiger partial charge in [-0.2, -0.15) is 0 Å². The Kier molecular flexibility index (Phi) is 3.03. The first kappa shape index (κ1) is 10.5. The number of pyridine rings is 1. The number of carbonyl (C=O) groups is 2. The van der Waals surface area contributed by atoms with Crippen molar-refractivity contribution in [2.75, 3.05) is 0 Å². The molecule has 0 atom stereocenters. The lowest BCUT2D eigenvalue weighted by molar-refractivity contribution is -0.136. The van der Waals surface area contributed by atoms with Crippen LogP contribution in [0.3, 0.4) is 0 Å². The van der Waals surface area contributed by atoms with Crippen molar-refractivity contribution in [1.29, 1.82) is 0 Å². The molecule has 0 bridgehead atoms. The van der Waals surface area contributed by atoms with E-state index in [2.05, 4.69) is 4.98 Å². The van der Waals surface area contributed by atoms with E-state index in [1.165, 1.54) is 12.1 Å². The number of rotatable bonds is 3. The van der Waals surface area contributed by atoms with E-state index in [1.807, 2.05) is 0 Å². The minimum atomic E-state index is -1.29. The molecule has 1 aromatic rings. The molecule has 2 N–H and O–H groups in total. The van der Waals surface area contributed by atoms with Crippen molar-refractivity contribution in [3.8, 4) is 0 Å². The molecule has 0 radical (unpaired) electrons. The summed E-state index contributed by atoms with van der Waals surface area (Å²) in [6.45, 7) is 0. The lowest BCUT2D eigenvalue weighted by Crippen LogP contribution is -2.10. The van der Waals surface area contributed by atoms with Gasteiger partial charge < -0.3 is 10.2 Å². The van der Waals surface area contributed by atoms with Gasteiger partial charge in [0.1, 0.15) is 5.15 Å². The van der Waals surface area contributed by atoms with E-state index < -0.39 is 11.9 Å². The zero-order valence-electron chi connectivity index (χ0n) is 6.90. The summed E-state index contributed by atoms with van der Waals surface area (Å²) in [7, 11) is 0. The van der Waals surface area contributed by atoms with Crippen LogP contribution in [-0.2, 0) is 11.2 Å². The van der Waals surface area contributed by atoms with Crippen LogP contribution < -0.4 is 0 Å². The summed E-state index contributed by atoms with van der Waals surface area (Å²) in [5, 5.41) is 17.2. The molecule has 0 aliphatic heterocycles. The van der Waals surface area contributed by atoms with Gasteiger partial charge in [-0.25, -0.2) is 9.78 Å². The Morgan fingerprint density at radius 1 is 1.36 bits per heavy atom. The molecule has 14 heavy (non-hydrogen) atoms. The van der Waals surface area contributed by atoms with Crippen LogP contribution in [-0.4, -0.2) is 27.1 Å². The van der Waals surface area contributed by atoms with E-state index in [-0.39, 0.29) is 22.8 Å². The number of aromatic carboxylic acids is 1. The monoisotopic (exact) mass is 215 g/mol. The summed E-state index contributed by atoms with van der Waals surface area (Å²) in [6, 6.07) is 2.69. The van der Waals surface area contributed by atoms with Crippen molar-refractivity contribution in [1.82, 2.24) is 4.98 Å². The van der Waals surface area contributed by atoms with E-state index in [0.717, 1.165) is 0 Å². The predicted molar refractivity (Wildman–Crippen MR) is 47.5 cm³/mol. The zero-order valence-corrected chi connectivity index (χ0v) is 7.65. The van der Waals surface area contributed by atoms with Gasteiger partial charge in [-0.15, -0.1) is 0 Å². The molecule has 0 aliphatic rings. The summed E-state index contributed by atoms with van der Waals surface area (Å²) in [4.78, 5) is 24.5. The molecule has 5 nitrogen and oxygen atoms in total. The van der Waals surface area contributed by atoms with Gasteiger partial charge in [-0.1, -0.05) is 17.7 Å². The molecular formula is C8H6ClNO4. The Hall–Kier alpha value is -1.62. The van der Waals surface area contributed by atoms with E-state index in [1.54, 1.807) is 0 Å². The minimum absolute atomic E-state index is 0.0246. The van der Waals surface area contributed by atoms with Gasteiger partial charge in [-0.05, 0) is 11.6 Å². The highest BCUT2D eigenvalue weighted by molar-refractivity contribution is 6.29. The molecule has 1 heterocycles. The van der Waals surface area contributed by atoms with Crippen LogP contribution in [0.5, 0.6) is 0 Å². The van der Waals surface area contributed by atoms with E-state index >= 15 is 0 Å². The second-order valence-electron chi connectivity index (χ2n) is 2.52. The molecule has 6 heteroatoms. The second-order valence-corrected chi connectivity index (χ2v) is 2.90. The van der Waals surface area contributed by atoms with Gasteiger partial charge in [0.15, 0.2) is 5.69 Å². The molecule has 0 saturated carbocycles. The molecule has 0 aliphatic carbocycles. The quantitative estimate of drug-likeness (QED) is 0.736. The summed E-state index contributed by atoms with van der Waals surface area (Å²) >= 11 is 5.48. The van der Waals surface area contributed by atoms with Crippen molar-refractivity contribution in [2.24, 2.45) is 0 Å². The van der Waals surface area contributed by atoms with Gasteiger partial charge in [0.2, 0.25) is 0 Å². The van der Waals surface area contributed by atoms with Gasteiger partial charge in [0, 0.05) is 0 Å². The number of hydrogen-bond acceptors (Lipinski definition) is 3. The van der Waals surface area contributed by atoms with Crippen molar-refractivity contribution in [2.45, 2.75) is 6.42 Å². The molecule has 0 amide bonds. The molecule has 74 valence electrons. The van der Waals surface area contributed by atoms with Gasteiger partial charge in [0.05, 0.1) is 6.42 Å². The second kappa shape index (κ2) is 4.06. The summed E-state index contributed by atoms with van der Waals surface area (Å²) in [6.07, 6.45) is -0.383. The van der Waals surface area contributed by atoms with Crippen LogP contribution in [0.15, 0.2) is 12.1 Å². The molecule has 1 aromatic heterocycles. The van der Waals surface area contributed by atoms with Gasteiger partial charge in [-0.3, -0.25) is 4.79 Å². The van der Waals surface area contributed by atoms with Crippen molar-refractivity contribution in [3.63, 3.8) is 0 Å². The lowest BCUT2D eigenvalue weighted by atomic mass is 10.1. The van der Waals surface area contributed by atoms with Crippen LogP contribution in [0.2, 0.25) is 5.15 Å². The average Bonchev–Trinajstić information content (AvgIpc) is 2.07. The Labute approximate surface area is 84.0 Å². The third-order valence-corrected chi connectivity index (χ3v) is 1.70. The van der Waals surface area contributed by atoms with E-state index in [4.69, 9.17) is 21.8 Å². The van der Waals surface area contributed by atoms with Crippen LogP contribution >= 0.6 is 11.6 Å². The summed E-state index contributed by atoms with van der Waals surface area (Å²) < 4.78 is 0. The maximum absolute atomic E-state index is 10.6. The first-order valence-electron chi connectivity index (χ1n) is 3.61. The highest BCUT2D eigenvalue weighted by Gasteiger charge is 2.14. The van der Waals surface area contributed by atoms with Gasteiger partial charge >= 0.3 is 11.9 Å². The topological polar surface area (TPSA) is 87.5 Å². The Morgan fingerprint density at radius 2 is 2.00 bits per heavy atom. The molecule has 1 rings (SSSR count). The fraction of sp³-hybridized carbons (Fsp3) is 0.125. The maximum Gasteiger partial charge on any atom is 0.354 e. The first-order chi connectivity index (χ1) is 6.50. The smallest absolute Gasteiger partial charge is 0.354 e. The highest BCUT2D eigenvalue weighted by atomic mass is 35.5. The minimum Gasteiger partial charge on any atom is -0.481 e. The SMILES string of the molecule is O=C(O)Cc1ccc(Cl)nc1C(=O)O. The van der Waals surface area contributed by atoms with Crippen molar-refractivity contribution < 1.29 is 19.8 Å². The molecule has 0 spiro atoms. The van der Waals surface area contributed by atoms with E-state index in [9.17, 15) is 9.59 Å². The number of carboxylic acids is 2. The number of halogens is 1. The number of aromatic nitrogens is 1. The number of hydrogen-bond donors (Lipinski definition) is 2. The third-order valence-electron chi connectivity index (χ3n) is 1.49. The highest BCUT2D eigenvalue weighted by Crippen LogP contribution is 2.12. The number of carboxylic acid groups (broad SMARTS) is 2. The normalized spacial score (nSPS) is 9.79. The first-order valence-corrected chi connectivity index (χ1v) is 3.99. The Balaban J connectivity index is 3.14. The molecule has 0 unspecified atom stereocenters. The molecule has 0 fully saturated rings. The zero-order chi connectivity index (χ0) is 10.7. The summed E-state index contributed by atoms with van der Waals surface area (Å²) in [5.74, 6) is -2.40.